The first-order valence-electron chi connectivity index (χ1n) is 9.98. The molecular formula is C19H22F2N8O2. The van der Waals surface area contributed by atoms with Crippen LogP contribution in [0.5, 0.6) is 5.75 Å². The van der Waals surface area contributed by atoms with E-state index in [9.17, 15) is 8.78 Å². The topological polar surface area (TPSA) is 107 Å². The van der Waals surface area contributed by atoms with E-state index in [0.717, 1.165) is 0 Å². The highest BCUT2D eigenvalue weighted by Gasteiger charge is 2.30. The van der Waals surface area contributed by atoms with Gasteiger partial charge >= 0.3 is 0 Å². The quantitative estimate of drug-likeness (QED) is 0.635. The molecule has 3 aromatic rings. The Bertz CT molecular complexity index is 1100. The lowest BCUT2D eigenvalue weighted by Gasteiger charge is -2.37. The molecule has 2 aliphatic rings. The number of benzene rings is 1. The van der Waals surface area contributed by atoms with E-state index < -0.39 is 12.2 Å². The lowest BCUT2D eigenvalue weighted by molar-refractivity contribution is 0.122. The lowest BCUT2D eigenvalue weighted by atomic mass is 10.1. The number of nitrogens with zero attached hydrogens (tertiary/aromatic N) is 7. The van der Waals surface area contributed by atoms with Crippen LogP contribution < -0.4 is 20.3 Å². The Hall–Kier alpha value is -3.12. The summed E-state index contributed by atoms with van der Waals surface area (Å²) in [5, 5.41) is 0. The van der Waals surface area contributed by atoms with Crippen LogP contribution in [0.3, 0.4) is 0 Å². The van der Waals surface area contributed by atoms with Crippen molar-refractivity contribution in [2.24, 2.45) is 5.73 Å². The molecule has 12 heteroatoms. The van der Waals surface area contributed by atoms with Gasteiger partial charge in [-0.3, -0.25) is 4.57 Å². The van der Waals surface area contributed by atoms with Crippen LogP contribution in [0, 0.1) is 0 Å². The smallest absolute Gasteiger partial charge is 0.296 e. The number of rotatable bonds is 5. The Morgan fingerprint density at radius 3 is 2.35 bits per heavy atom. The molecule has 0 bridgehead atoms. The van der Waals surface area contributed by atoms with Gasteiger partial charge in [0.2, 0.25) is 17.8 Å². The minimum Gasteiger partial charge on any atom is -0.494 e. The van der Waals surface area contributed by atoms with Crippen LogP contribution >= 0.6 is 0 Å². The van der Waals surface area contributed by atoms with E-state index in [1.165, 1.54) is 11.7 Å². The molecule has 2 aliphatic heterocycles. The van der Waals surface area contributed by atoms with Crippen LogP contribution in [-0.4, -0.2) is 77.0 Å². The van der Waals surface area contributed by atoms with Crippen LogP contribution in [0.1, 0.15) is 12.2 Å². The SMILES string of the molecule is COc1cccc2c1nc(C(F)F)n2-c1nc(N2CCOCC2)nc(N2CC(N)C2)n1. The number of hydrogen-bond donors (Lipinski definition) is 1. The molecule has 0 atom stereocenters. The monoisotopic (exact) mass is 432 g/mol. The average molecular weight is 432 g/mol. The predicted molar refractivity (Wildman–Crippen MR) is 109 cm³/mol. The first-order chi connectivity index (χ1) is 15.0. The summed E-state index contributed by atoms with van der Waals surface area (Å²) in [5.74, 6) is 0.837. The van der Waals surface area contributed by atoms with Crippen LogP contribution in [0.4, 0.5) is 20.7 Å². The summed E-state index contributed by atoms with van der Waals surface area (Å²) in [5.41, 5.74) is 6.67. The van der Waals surface area contributed by atoms with Crippen LogP contribution in [0.15, 0.2) is 18.2 Å². The van der Waals surface area contributed by atoms with Gasteiger partial charge in [0.1, 0.15) is 11.3 Å². The number of ether oxygens (including phenoxy) is 2. The first-order valence-corrected chi connectivity index (χ1v) is 9.98. The van der Waals surface area contributed by atoms with E-state index >= 15 is 0 Å². The first kappa shape index (κ1) is 19.8. The largest absolute Gasteiger partial charge is 0.494 e. The van der Waals surface area contributed by atoms with Gasteiger partial charge < -0.3 is 25.0 Å². The van der Waals surface area contributed by atoms with Gasteiger partial charge in [0, 0.05) is 32.2 Å². The van der Waals surface area contributed by atoms with Gasteiger partial charge in [-0.25, -0.2) is 13.8 Å². The molecule has 0 amide bonds. The number of morpholine rings is 1. The maximum atomic E-state index is 14.0. The van der Waals surface area contributed by atoms with Crippen molar-refractivity contribution in [3.8, 4) is 11.7 Å². The highest BCUT2D eigenvalue weighted by atomic mass is 19.3. The number of anilines is 2. The summed E-state index contributed by atoms with van der Waals surface area (Å²) in [4.78, 5) is 21.7. The fraction of sp³-hybridized carbons (Fsp3) is 0.474. The molecule has 0 spiro atoms. The minimum atomic E-state index is -2.83. The number of methoxy groups -OCH3 is 1. The second-order valence-corrected chi connectivity index (χ2v) is 7.43. The number of aromatic nitrogens is 5. The van der Waals surface area contributed by atoms with Crippen molar-refractivity contribution in [2.45, 2.75) is 12.5 Å². The van der Waals surface area contributed by atoms with Gasteiger partial charge in [0.05, 0.1) is 25.8 Å². The molecule has 31 heavy (non-hydrogen) atoms. The summed E-state index contributed by atoms with van der Waals surface area (Å²) >= 11 is 0. The fourth-order valence-electron chi connectivity index (χ4n) is 3.78. The van der Waals surface area contributed by atoms with Gasteiger partial charge in [0.25, 0.3) is 6.43 Å². The van der Waals surface area contributed by atoms with Crippen molar-refractivity contribution in [1.29, 1.82) is 0 Å². The van der Waals surface area contributed by atoms with Crippen LogP contribution in [0.2, 0.25) is 0 Å². The molecule has 2 saturated heterocycles. The molecule has 2 N–H and O–H groups in total. The number of nitrogens with two attached hydrogens (primary N) is 1. The Balaban J connectivity index is 1.69. The normalized spacial score (nSPS) is 17.5. The molecule has 4 heterocycles. The van der Waals surface area contributed by atoms with Crippen molar-refractivity contribution in [3.63, 3.8) is 0 Å². The Morgan fingerprint density at radius 2 is 1.71 bits per heavy atom. The molecule has 0 radical (unpaired) electrons. The fourth-order valence-corrected chi connectivity index (χ4v) is 3.78. The third-order valence-electron chi connectivity index (χ3n) is 5.38. The summed E-state index contributed by atoms with van der Waals surface area (Å²) in [6.07, 6.45) is -2.83. The van der Waals surface area contributed by atoms with Crippen LogP contribution in [0.25, 0.3) is 17.0 Å². The molecule has 0 aliphatic carbocycles. The van der Waals surface area contributed by atoms with E-state index in [-0.39, 0.29) is 12.0 Å². The second-order valence-electron chi connectivity index (χ2n) is 7.43. The number of hydrogen-bond acceptors (Lipinski definition) is 9. The van der Waals surface area contributed by atoms with Crippen molar-refractivity contribution in [2.75, 3.05) is 56.3 Å². The van der Waals surface area contributed by atoms with Crippen molar-refractivity contribution in [1.82, 2.24) is 24.5 Å². The standard InChI is InChI=1S/C19H22F2N8O2/c1-30-13-4-2-3-12-14(13)23-16(15(20)21)29(12)19-25-17(27-5-7-31-8-6-27)24-18(26-19)28-9-11(22)10-28/h2-4,11,15H,5-10,22H2,1H3. The summed E-state index contributed by atoms with van der Waals surface area (Å²) in [6, 6.07) is 5.11. The second kappa shape index (κ2) is 7.85. The summed E-state index contributed by atoms with van der Waals surface area (Å²) in [7, 11) is 1.47. The maximum absolute atomic E-state index is 14.0. The molecule has 10 nitrogen and oxygen atoms in total. The Morgan fingerprint density at radius 1 is 1.03 bits per heavy atom. The predicted octanol–water partition coefficient (Wildman–Crippen LogP) is 1.14. The highest BCUT2D eigenvalue weighted by molar-refractivity contribution is 5.84. The zero-order chi connectivity index (χ0) is 21.5. The summed E-state index contributed by atoms with van der Waals surface area (Å²) in [6.45, 7) is 3.46. The van der Waals surface area contributed by atoms with Crippen molar-refractivity contribution >= 4 is 22.9 Å². The maximum Gasteiger partial charge on any atom is 0.296 e. The number of imidazole rings is 1. The average Bonchev–Trinajstić information content (AvgIpc) is 3.17. The zero-order valence-electron chi connectivity index (χ0n) is 16.9. The molecule has 0 unspecified atom stereocenters. The van der Waals surface area contributed by atoms with E-state index in [1.807, 2.05) is 9.80 Å². The van der Waals surface area contributed by atoms with E-state index in [0.29, 0.717) is 68.1 Å². The number of para-hydroxylation sites is 1. The van der Waals surface area contributed by atoms with Gasteiger partial charge in [-0.05, 0) is 12.1 Å². The Kier molecular flexibility index (Phi) is 5.02. The molecule has 2 fully saturated rings. The number of fused-ring (bicyclic) bond motifs is 1. The van der Waals surface area contributed by atoms with Gasteiger partial charge in [0.15, 0.2) is 5.82 Å². The lowest BCUT2D eigenvalue weighted by Crippen LogP contribution is -2.56. The summed E-state index contributed by atoms with van der Waals surface area (Å²) < 4.78 is 40.0. The third-order valence-corrected chi connectivity index (χ3v) is 5.38. The molecular weight excluding hydrogens is 410 g/mol. The van der Waals surface area contributed by atoms with Crippen LogP contribution in [-0.2, 0) is 4.74 Å². The van der Waals surface area contributed by atoms with Gasteiger partial charge in [-0.1, -0.05) is 6.07 Å². The zero-order valence-corrected chi connectivity index (χ0v) is 16.9. The van der Waals surface area contributed by atoms with Crippen molar-refractivity contribution < 1.29 is 18.3 Å². The molecule has 164 valence electrons. The highest BCUT2D eigenvalue weighted by Crippen LogP contribution is 2.32. The van der Waals surface area contributed by atoms with Gasteiger partial charge in [-0.2, -0.15) is 15.0 Å². The minimum absolute atomic E-state index is 0.0296. The number of alkyl halides is 2. The van der Waals surface area contributed by atoms with E-state index in [2.05, 4.69) is 19.9 Å². The third kappa shape index (κ3) is 3.51. The molecule has 1 aromatic carbocycles. The molecule has 5 rings (SSSR count). The molecule has 0 saturated carbocycles. The van der Waals surface area contributed by atoms with Gasteiger partial charge in [-0.15, -0.1) is 0 Å². The van der Waals surface area contributed by atoms with E-state index in [4.69, 9.17) is 15.2 Å². The number of halogens is 2. The van der Waals surface area contributed by atoms with E-state index in [1.54, 1.807) is 18.2 Å². The van der Waals surface area contributed by atoms with Crippen molar-refractivity contribution in [3.05, 3.63) is 24.0 Å². The Labute approximate surface area is 176 Å². The molecule has 2 aromatic heterocycles.